The molecule has 6 heteroatoms. The van der Waals surface area contributed by atoms with Gasteiger partial charge in [-0.05, 0) is 6.07 Å². The molecule has 0 aliphatic carbocycles. The SMILES string of the molecule is CS(=O)(=O)On1cc(CO)c2ccccc21. The molecule has 86 valence electrons. The molecule has 0 atom stereocenters. The minimum Gasteiger partial charge on any atom is -0.392 e. The summed E-state index contributed by atoms with van der Waals surface area (Å²) in [4.78, 5) is 0. The van der Waals surface area contributed by atoms with Crippen molar-refractivity contribution < 1.29 is 17.8 Å². The minimum atomic E-state index is -3.58. The van der Waals surface area contributed by atoms with Gasteiger partial charge in [-0.3, -0.25) is 4.28 Å². The van der Waals surface area contributed by atoms with Gasteiger partial charge in [-0.2, -0.15) is 13.1 Å². The molecule has 2 rings (SSSR count). The highest BCUT2D eigenvalue weighted by Crippen LogP contribution is 2.20. The van der Waals surface area contributed by atoms with Gasteiger partial charge in [-0.1, -0.05) is 18.2 Å². The van der Waals surface area contributed by atoms with Crippen LogP contribution in [-0.4, -0.2) is 24.5 Å². The number of hydrogen-bond donors (Lipinski definition) is 1. The van der Waals surface area contributed by atoms with E-state index in [2.05, 4.69) is 0 Å². The van der Waals surface area contributed by atoms with Gasteiger partial charge in [0.05, 0.1) is 24.6 Å². The standard InChI is InChI=1S/C10H11NO4S/c1-16(13,14)15-11-6-8(7-12)9-4-2-3-5-10(9)11/h2-6,12H,7H2,1H3. The van der Waals surface area contributed by atoms with Gasteiger partial charge in [0.2, 0.25) is 0 Å². The Hall–Kier alpha value is -1.53. The third-order valence-corrected chi connectivity index (χ3v) is 2.58. The lowest BCUT2D eigenvalue weighted by Gasteiger charge is -2.03. The summed E-state index contributed by atoms with van der Waals surface area (Å²) < 4.78 is 28.0. The summed E-state index contributed by atoms with van der Waals surface area (Å²) in [6.45, 7) is -0.166. The molecule has 0 aliphatic heterocycles. The Balaban J connectivity index is 2.62. The molecule has 1 aromatic carbocycles. The highest BCUT2D eigenvalue weighted by molar-refractivity contribution is 7.86. The van der Waals surface area contributed by atoms with Crippen molar-refractivity contribution >= 4 is 21.0 Å². The van der Waals surface area contributed by atoms with E-state index in [1.165, 1.54) is 6.20 Å². The molecule has 1 N–H and O–H groups in total. The molecule has 1 heterocycles. The van der Waals surface area contributed by atoms with Crippen molar-refractivity contribution in [1.82, 2.24) is 4.73 Å². The quantitative estimate of drug-likeness (QED) is 0.850. The average Bonchev–Trinajstić information content (AvgIpc) is 2.55. The Bertz CT molecular complexity index is 615. The number of nitrogens with zero attached hydrogens (tertiary/aromatic N) is 1. The predicted molar refractivity (Wildman–Crippen MR) is 59.3 cm³/mol. The van der Waals surface area contributed by atoms with Crippen molar-refractivity contribution in [2.45, 2.75) is 6.61 Å². The molecule has 0 unspecified atom stereocenters. The number of fused-ring (bicyclic) bond motifs is 1. The van der Waals surface area contributed by atoms with Crippen LogP contribution in [-0.2, 0) is 16.7 Å². The Morgan fingerprint density at radius 2 is 2.06 bits per heavy atom. The van der Waals surface area contributed by atoms with E-state index in [0.29, 0.717) is 11.1 Å². The molecule has 0 bridgehead atoms. The summed E-state index contributed by atoms with van der Waals surface area (Å²) >= 11 is 0. The fourth-order valence-electron chi connectivity index (χ4n) is 1.55. The molecule has 5 nitrogen and oxygen atoms in total. The molecule has 0 spiro atoms. The van der Waals surface area contributed by atoms with Crippen molar-refractivity contribution in [2.75, 3.05) is 6.26 Å². The highest BCUT2D eigenvalue weighted by Gasteiger charge is 2.11. The van der Waals surface area contributed by atoms with Gasteiger partial charge in [0, 0.05) is 10.9 Å². The van der Waals surface area contributed by atoms with Crippen LogP contribution in [0.1, 0.15) is 5.56 Å². The van der Waals surface area contributed by atoms with Gasteiger partial charge in [0.1, 0.15) is 0 Å². The van der Waals surface area contributed by atoms with Gasteiger partial charge in [-0.25, -0.2) is 0 Å². The topological polar surface area (TPSA) is 68.5 Å². The lowest BCUT2D eigenvalue weighted by atomic mass is 10.2. The zero-order valence-corrected chi connectivity index (χ0v) is 9.44. The van der Waals surface area contributed by atoms with Crippen LogP contribution in [0, 0.1) is 0 Å². The largest absolute Gasteiger partial charge is 0.392 e. The van der Waals surface area contributed by atoms with Crippen molar-refractivity contribution in [3.8, 4) is 0 Å². The summed E-state index contributed by atoms with van der Waals surface area (Å²) in [6, 6.07) is 7.10. The maximum Gasteiger partial charge on any atom is 0.324 e. The zero-order chi connectivity index (χ0) is 11.8. The predicted octanol–water partition coefficient (Wildman–Crippen LogP) is 0.522. The first-order valence-corrected chi connectivity index (χ1v) is 6.42. The van der Waals surface area contributed by atoms with Crippen LogP contribution >= 0.6 is 0 Å². The zero-order valence-electron chi connectivity index (χ0n) is 8.62. The second-order valence-electron chi connectivity index (χ2n) is 3.43. The number of para-hydroxylation sites is 1. The summed E-state index contributed by atoms with van der Waals surface area (Å²) in [5.41, 5.74) is 1.23. The van der Waals surface area contributed by atoms with Crippen molar-refractivity contribution in [1.29, 1.82) is 0 Å². The summed E-state index contributed by atoms with van der Waals surface area (Å²) in [5, 5.41) is 9.90. The Labute approximate surface area is 93.0 Å². The van der Waals surface area contributed by atoms with Crippen LogP contribution in [0.3, 0.4) is 0 Å². The van der Waals surface area contributed by atoms with Crippen molar-refractivity contribution in [3.05, 3.63) is 36.0 Å². The maximum atomic E-state index is 11.0. The number of hydrogen-bond acceptors (Lipinski definition) is 4. The summed E-state index contributed by atoms with van der Waals surface area (Å²) in [6.07, 6.45) is 2.44. The van der Waals surface area contributed by atoms with Crippen LogP contribution in [0.15, 0.2) is 30.5 Å². The molecule has 0 amide bonds. The van der Waals surface area contributed by atoms with E-state index in [4.69, 9.17) is 9.39 Å². The molecule has 0 radical (unpaired) electrons. The van der Waals surface area contributed by atoms with E-state index in [0.717, 1.165) is 16.4 Å². The monoisotopic (exact) mass is 241 g/mol. The van der Waals surface area contributed by atoms with Gasteiger partial charge in [0.15, 0.2) is 0 Å². The first kappa shape index (κ1) is 11.0. The number of rotatable bonds is 3. The van der Waals surface area contributed by atoms with E-state index in [-0.39, 0.29) is 6.61 Å². The van der Waals surface area contributed by atoms with Crippen molar-refractivity contribution in [3.63, 3.8) is 0 Å². The van der Waals surface area contributed by atoms with Gasteiger partial charge < -0.3 is 5.11 Å². The second kappa shape index (κ2) is 3.80. The first-order chi connectivity index (χ1) is 7.51. The number of aliphatic hydroxyl groups is 1. The normalized spacial score (nSPS) is 11.9. The molecule has 0 saturated carbocycles. The summed E-state index contributed by atoms with van der Waals surface area (Å²) in [7, 11) is -3.58. The van der Waals surface area contributed by atoms with Crippen LogP contribution < -0.4 is 4.28 Å². The highest BCUT2D eigenvalue weighted by atomic mass is 32.2. The second-order valence-corrected chi connectivity index (χ2v) is 4.99. The minimum absolute atomic E-state index is 0.166. The lowest BCUT2D eigenvalue weighted by molar-refractivity contribution is 0.273. The number of aromatic nitrogens is 1. The first-order valence-electron chi connectivity index (χ1n) is 4.61. The van der Waals surface area contributed by atoms with Crippen molar-refractivity contribution in [2.24, 2.45) is 0 Å². The van der Waals surface area contributed by atoms with E-state index >= 15 is 0 Å². The Morgan fingerprint density at radius 3 is 2.69 bits per heavy atom. The summed E-state index contributed by atoms with van der Waals surface area (Å²) in [5.74, 6) is 0. The van der Waals surface area contributed by atoms with Crippen LogP contribution in [0.5, 0.6) is 0 Å². The smallest absolute Gasteiger partial charge is 0.324 e. The number of aliphatic hydroxyl groups excluding tert-OH is 1. The fourth-order valence-corrected chi connectivity index (χ4v) is 1.97. The lowest BCUT2D eigenvalue weighted by Crippen LogP contribution is -2.17. The van der Waals surface area contributed by atoms with Gasteiger partial charge in [-0.15, -0.1) is 0 Å². The van der Waals surface area contributed by atoms with E-state index in [1.807, 2.05) is 6.07 Å². The molecule has 16 heavy (non-hydrogen) atoms. The third-order valence-electron chi connectivity index (χ3n) is 2.15. The Morgan fingerprint density at radius 1 is 1.38 bits per heavy atom. The van der Waals surface area contributed by atoms with Gasteiger partial charge >= 0.3 is 10.1 Å². The maximum absolute atomic E-state index is 11.0. The molecular weight excluding hydrogens is 230 g/mol. The molecule has 0 saturated heterocycles. The van der Waals surface area contributed by atoms with Gasteiger partial charge in [0.25, 0.3) is 0 Å². The fraction of sp³-hybridized carbons (Fsp3) is 0.200. The van der Waals surface area contributed by atoms with Crippen LogP contribution in [0.4, 0.5) is 0 Å². The third kappa shape index (κ3) is 2.02. The molecule has 0 aliphatic rings. The molecular formula is C10H11NO4S. The molecule has 0 fully saturated rings. The van der Waals surface area contributed by atoms with Crippen LogP contribution in [0.25, 0.3) is 10.9 Å². The number of benzene rings is 1. The van der Waals surface area contributed by atoms with Crippen LogP contribution in [0.2, 0.25) is 0 Å². The molecule has 1 aromatic heterocycles. The molecule has 2 aromatic rings. The van der Waals surface area contributed by atoms with E-state index in [9.17, 15) is 8.42 Å². The van der Waals surface area contributed by atoms with E-state index < -0.39 is 10.1 Å². The average molecular weight is 241 g/mol. The Kier molecular flexibility index (Phi) is 2.61. The van der Waals surface area contributed by atoms with E-state index in [1.54, 1.807) is 18.2 Å².